The minimum Gasteiger partial charge on any atom is -0.481 e. The van der Waals surface area contributed by atoms with Crippen molar-refractivity contribution >= 4 is 17.6 Å². The van der Waals surface area contributed by atoms with E-state index < -0.39 is 11.9 Å². The van der Waals surface area contributed by atoms with Crippen LogP contribution in [0.4, 0.5) is 0 Å². The van der Waals surface area contributed by atoms with Crippen LogP contribution in [0.5, 0.6) is 0 Å². The predicted molar refractivity (Wildman–Crippen MR) is 64.2 cm³/mol. The number of carboxylic acid groups (broad SMARTS) is 1. The molecule has 0 bridgehead atoms. The monoisotopic (exact) mass is 250 g/mol. The minimum atomic E-state index is -0.872. The molecule has 1 atom stereocenters. The number of halogens is 1. The molecule has 0 aliphatic rings. The fourth-order valence-electron chi connectivity index (χ4n) is 1.67. The van der Waals surface area contributed by atoms with Gasteiger partial charge in [-0.2, -0.15) is 0 Å². The molecule has 1 N–H and O–H groups in total. The Hall–Kier alpha value is -1.74. The van der Waals surface area contributed by atoms with Crippen molar-refractivity contribution in [3.05, 3.63) is 59.0 Å². The van der Waals surface area contributed by atoms with Gasteiger partial charge >= 0.3 is 5.97 Å². The molecule has 0 spiro atoms. The second-order valence-corrected chi connectivity index (χ2v) is 4.16. The van der Waals surface area contributed by atoms with Gasteiger partial charge in [0.1, 0.15) is 5.76 Å². The van der Waals surface area contributed by atoms with Gasteiger partial charge in [-0.05, 0) is 29.8 Å². The fourth-order valence-corrected chi connectivity index (χ4v) is 1.80. The van der Waals surface area contributed by atoms with Gasteiger partial charge in [0, 0.05) is 11.4 Å². The molecule has 2 rings (SSSR count). The normalized spacial score (nSPS) is 12.3. The molecule has 1 aromatic heterocycles. The van der Waals surface area contributed by atoms with E-state index in [1.807, 2.05) is 0 Å². The molecule has 0 fully saturated rings. The van der Waals surface area contributed by atoms with Crippen LogP contribution >= 0.6 is 11.6 Å². The highest BCUT2D eigenvalue weighted by atomic mass is 35.5. The molecular formula is C13H11ClO3. The van der Waals surface area contributed by atoms with Crippen LogP contribution in [-0.4, -0.2) is 11.1 Å². The maximum Gasteiger partial charge on any atom is 0.311 e. The van der Waals surface area contributed by atoms with Crippen molar-refractivity contribution in [1.29, 1.82) is 0 Å². The van der Waals surface area contributed by atoms with E-state index in [-0.39, 0.29) is 0 Å². The lowest BCUT2D eigenvalue weighted by molar-refractivity contribution is -0.138. The number of carbonyl (C=O) groups is 1. The topological polar surface area (TPSA) is 50.4 Å². The number of carboxylic acids is 1. The summed E-state index contributed by atoms with van der Waals surface area (Å²) in [5, 5.41) is 9.81. The summed E-state index contributed by atoms with van der Waals surface area (Å²) in [5.74, 6) is -0.825. The predicted octanol–water partition coefficient (Wildman–Crippen LogP) is 3.34. The standard InChI is InChI=1S/C13H11ClO3/c14-10-5-3-9(4-6-10)12(13(15)16)8-11-2-1-7-17-11/h1-7,12H,8H2,(H,15,16). The average Bonchev–Trinajstić information content (AvgIpc) is 2.80. The Labute approximate surface area is 104 Å². The summed E-state index contributed by atoms with van der Waals surface area (Å²) >= 11 is 5.77. The van der Waals surface area contributed by atoms with E-state index in [0.717, 1.165) is 5.56 Å². The highest BCUT2D eigenvalue weighted by Crippen LogP contribution is 2.23. The fraction of sp³-hybridized carbons (Fsp3) is 0.154. The van der Waals surface area contributed by atoms with Crippen LogP contribution < -0.4 is 0 Å². The van der Waals surface area contributed by atoms with E-state index >= 15 is 0 Å². The molecule has 0 amide bonds. The van der Waals surface area contributed by atoms with Crippen LogP contribution in [0.2, 0.25) is 5.02 Å². The first-order valence-electron chi connectivity index (χ1n) is 5.17. The molecule has 4 heteroatoms. The van der Waals surface area contributed by atoms with Gasteiger partial charge in [0.2, 0.25) is 0 Å². The first kappa shape index (κ1) is 11.7. The molecule has 2 aromatic rings. The lowest BCUT2D eigenvalue weighted by atomic mass is 9.95. The minimum absolute atomic E-state index is 0.337. The van der Waals surface area contributed by atoms with Crippen molar-refractivity contribution in [3.63, 3.8) is 0 Å². The van der Waals surface area contributed by atoms with Gasteiger partial charge < -0.3 is 9.52 Å². The second kappa shape index (κ2) is 5.06. The van der Waals surface area contributed by atoms with Crippen molar-refractivity contribution in [2.45, 2.75) is 12.3 Å². The van der Waals surface area contributed by atoms with Gasteiger partial charge in [-0.15, -0.1) is 0 Å². The van der Waals surface area contributed by atoms with E-state index in [9.17, 15) is 9.90 Å². The SMILES string of the molecule is O=C(O)C(Cc1ccco1)c1ccc(Cl)cc1. The Bertz CT molecular complexity index is 488. The van der Waals surface area contributed by atoms with Crippen molar-refractivity contribution in [2.75, 3.05) is 0 Å². The van der Waals surface area contributed by atoms with Gasteiger partial charge in [-0.1, -0.05) is 23.7 Å². The molecule has 0 radical (unpaired) electrons. The average molecular weight is 251 g/mol. The third-order valence-corrected chi connectivity index (χ3v) is 2.81. The maximum absolute atomic E-state index is 11.2. The van der Waals surface area contributed by atoms with Crippen LogP contribution in [0.15, 0.2) is 47.1 Å². The molecule has 88 valence electrons. The number of benzene rings is 1. The largest absolute Gasteiger partial charge is 0.481 e. The van der Waals surface area contributed by atoms with Crippen molar-refractivity contribution < 1.29 is 14.3 Å². The number of hydrogen-bond acceptors (Lipinski definition) is 2. The Morgan fingerprint density at radius 1 is 1.29 bits per heavy atom. The molecule has 0 saturated heterocycles. The molecule has 0 saturated carbocycles. The molecule has 17 heavy (non-hydrogen) atoms. The van der Waals surface area contributed by atoms with Crippen LogP contribution in [0.3, 0.4) is 0 Å². The van der Waals surface area contributed by atoms with Gasteiger partial charge in [-0.3, -0.25) is 4.79 Å². The number of rotatable bonds is 4. The summed E-state index contributed by atoms with van der Waals surface area (Å²) in [5.41, 5.74) is 0.721. The molecular weight excluding hydrogens is 240 g/mol. The number of hydrogen-bond donors (Lipinski definition) is 1. The number of aliphatic carboxylic acids is 1. The Kier molecular flexibility index (Phi) is 3.49. The summed E-state index contributed by atoms with van der Waals surface area (Å²) in [6.07, 6.45) is 1.88. The summed E-state index contributed by atoms with van der Waals surface area (Å²) in [6, 6.07) is 10.3. The molecule has 0 aliphatic carbocycles. The quantitative estimate of drug-likeness (QED) is 0.905. The molecule has 1 aromatic carbocycles. The first-order valence-corrected chi connectivity index (χ1v) is 5.55. The molecule has 1 unspecified atom stereocenters. The first-order chi connectivity index (χ1) is 8.16. The van der Waals surface area contributed by atoms with Crippen molar-refractivity contribution in [3.8, 4) is 0 Å². The van der Waals surface area contributed by atoms with Crippen LogP contribution in [0.1, 0.15) is 17.2 Å². The zero-order chi connectivity index (χ0) is 12.3. The zero-order valence-electron chi connectivity index (χ0n) is 8.97. The lowest BCUT2D eigenvalue weighted by Crippen LogP contribution is -2.14. The van der Waals surface area contributed by atoms with Gasteiger partial charge in [-0.25, -0.2) is 0 Å². The Morgan fingerprint density at radius 3 is 2.53 bits per heavy atom. The third kappa shape index (κ3) is 2.88. The smallest absolute Gasteiger partial charge is 0.311 e. The third-order valence-electron chi connectivity index (χ3n) is 2.56. The maximum atomic E-state index is 11.2. The summed E-state index contributed by atoms with van der Waals surface area (Å²) in [4.78, 5) is 11.2. The van der Waals surface area contributed by atoms with Gasteiger partial charge in [0.15, 0.2) is 0 Å². The van der Waals surface area contributed by atoms with Gasteiger partial charge in [0.05, 0.1) is 12.2 Å². The second-order valence-electron chi connectivity index (χ2n) is 3.73. The van der Waals surface area contributed by atoms with E-state index in [4.69, 9.17) is 16.0 Å². The molecule has 0 aliphatic heterocycles. The van der Waals surface area contributed by atoms with E-state index in [1.165, 1.54) is 6.26 Å². The van der Waals surface area contributed by atoms with E-state index in [1.54, 1.807) is 36.4 Å². The highest BCUT2D eigenvalue weighted by molar-refractivity contribution is 6.30. The Morgan fingerprint density at radius 2 is 2.00 bits per heavy atom. The number of furan rings is 1. The van der Waals surface area contributed by atoms with Crippen LogP contribution in [0, 0.1) is 0 Å². The zero-order valence-corrected chi connectivity index (χ0v) is 9.72. The molecule has 3 nitrogen and oxygen atoms in total. The van der Waals surface area contributed by atoms with Crippen LogP contribution in [0.25, 0.3) is 0 Å². The lowest BCUT2D eigenvalue weighted by Gasteiger charge is -2.11. The van der Waals surface area contributed by atoms with Crippen LogP contribution in [-0.2, 0) is 11.2 Å². The molecule has 1 heterocycles. The summed E-state index contributed by atoms with van der Waals surface area (Å²) in [6.45, 7) is 0. The van der Waals surface area contributed by atoms with Crippen molar-refractivity contribution in [2.24, 2.45) is 0 Å². The summed E-state index contributed by atoms with van der Waals surface area (Å²) < 4.78 is 5.17. The summed E-state index contributed by atoms with van der Waals surface area (Å²) in [7, 11) is 0. The van der Waals surface area contributed by atoms with E-state index in [0.29, 0.717) is 17.2 Å². The van der Waals surface area contributed by atoms with Gasteiger partial charge in [0.25, 0.3) is 0 Å². The highest BCUT2D eigenvalue weighted by Gasteiger charge is 2.21. The van der Waals surface area contributed by atoms with E-state index in [2.05, 4.69) is 0 Å². The van der Waals surface area contributed by atoms with Crippen molar-refractivity contribution in [1.82, 2.24) is 0 Å². The Balaban J connectivity index is 2.23.